The first-order valence-electron chi connectivity index (χ1n) is 9.45. The number of benzene rings is 2. The molecule has 0 radical (unpaired) electrons. The number of fused-ring (bicyclic) bond motifs is 3. The van der Waals surface area contributed by atoms with Crippen molar-refractivity contribution in [3.8, 4) is 0 Å². The van der Waals surface area contributed by atoms with Gasteiger partial charge in [-0.1, -0.05) is 55.4 Å². The molecule has 1 atom stereocenters. The smallest absolute Gasteiger partial charge is 0.317 e. The van der Waals surface area contributed by atoms with Crippen molar-refractivity contribution in [2.75, 3.05) is 5.32 Å². The first kappa shape index (κ1) is 18.7. The Labute approximate surface area is 176 Å². The molecule has 29 heavy (non-hydrogen) atoms. The number of anilines is 1. The molecule has 2 aromatic carbocycles. The summed E-state index contributed by atoms with van der Waals surface area (Å²) < 4.78 is 28.7. The number of nitrogens with one attached hydrogen (secondary N) is 1. The SMILES string of the molecule is O=[S+]([O-])(c1ccc(Br)cc1)c1nnn2c1nc(NC1CCCC1)c1ccccc12. The van der Waals surface area contributed by atoms with Crippen LogP contribution in [0.5, 0.6) is 0 Å². The van der Waals surface area contributed by atoms with Crippen LogP contribution >= 0.6 is 15.9 Å². The quantitative estimate of drug-likeness (QED) is 0.441. The molecule has 0 aliphatic heterocycles. The summed E-state index contributed by atoms with van der Waals surface area (Å²) in [5.41, 5.74) is 0.995. The molecule has 5 rings (SSSR count). The van der Waals surface area contributed by atoms with Crippen LogP contribution in [-0.4, -0.2) is 30.4 Å². The number of aromatic nitrogens is 4. The van der Waals surface area contributed by atoms with Crippen molar-refractivity contribution in [3.05, 3.63) is 53.0 Å². The van der Waals surface area contributed by atoms with E-state index in [0.29, 0.717) is 11.9 Å². The van der Waals surface area contributed by atoms with Crippen LogP contribution < -0.4 is 5.32 Å². The highest BCUT2D eigenvalue weighted by Crippen LogP contribution is 2.32. The van der Waals surface area contributed by atoms with Gasteiger partial charge in [-0.05, 0) is 49.2 Å². The average Bonchev–Trinajstić information content (AvgIpc) is 3.38. The number of rotatable bonds is 4. The fourth-order valence-corrected chi connectivity index (χ4v) is 5.32. The van der Waals surface area contributed by atoms with Crippen LogP contribution in [-0.2, 0) is 14.4 Å². The number of sulfone groups is 1. The van der Waals surface area contributed by atoms with Crippen molar-refractivity contribution in [2.45, 2.75) is 41.6 Å². The third-order valence-corrected chi connectivity index (χ3v) is 7.49. The van der Waals surface area contributed by atoms with Crippen molar-refractivity contribution in [1.82, 2.24) is 19.8 Å². The van der Waals surface area contributed by atoms with Gasteiger partial charge in [-0.2, -0.15) is 4.52 Å². The Balaban J connectivity index is 1.70. The number of nitrogens with zero attached hydrogens (tertiary/aromatic N) is 4. The van der Waals surface area contributed by atoms with Gasteiger partial charge in [0.25, 0.3) is 0 Å². The maximum absolute atomic E-state index is 13.2. The van der Waals surface area contributed by atoms with Gasteiger partial charge in [0, 0.05) is 15.9 Å². The van der Waals surface area contributed by atoms with E-state index in [-0.39, 0.29) is 15.6 Å². The standard InChI is InChI=1S/C20H18BrN5O2S/c21-13-9-11-15(12-10-13)29(27,28)20-19-23-18(22-14-5-1-2-6-14)16-7-3-4-8-17(16)26(19)25-24-20/h3-4,7-12,14H,1-2,5-6H2,(H-,22,23,27,28). The minimum atomic E-state index is -3.86. The molecule has 148 valence electrons. The highest BCUT2D eigenvalue weighted by atomic mass is 79.9. The van der Waals surface area contributed by atoms with Gasteiger partial charge in [0.15, 0.2) is 4.90 Å². The van der Waals surface area contributed by atoms with Crippen molar-refractivity contribution in [1.29, 1.82) is 0 Å². The van der Waals surface area contributed by atoms with E-state index in [1.807, 2.05) is 24.3 Å². The predicted octanol–water partition coefficient (Wildman–Crippen LogP) is 4.44. The molecule has 1 aliphatic rings. The largest absolute Gasteiger partial charge is 0.604 e. The van der Waals surface area contributed by atoms with E-state index in [4.69, 9.17) is 0 Å². The van der Waals surface area contributed by atoms with Crippen LogP contribution in [0, 0.1) is 0 Å². The molecule has 1 unspecified atom stereocenters. The van der Waals surface area contributed by atoms with Gasteiger partial charge in [0.05, 0.1) is 5.52 Å². The fraction of sp³-hybridized carbons (Fsp3) is 0.250. The topological polar surface area (TPSA) is 95.2 Å². The van der Waals surface area contributed by atoms with Crippen LogP contribution in [0.2, 0.25) is 0 Å². The van der Waals surface area contributed by atoms with Crippen molar-refractivity contribution in [2.24, 2.45) is 0 Å². The van der Waals surface area contributed by atoms with Crippen LogP contribution in [0.15, 0.2) is 62.9 Å². The summed E-state index contributed by atoms with van der Waals surface area (Å²) in [6.45, 7) is 0. The Hall–Kier alpha value is -2.36. The zero-order chi connectivity index (χ0) is 20.0. The van der Waals surface area contributed by atoms with Crippen molar-refractivity contribution < 1.29 is 8.76 Å². The van der Waals surface area contributed by atoms with Gasteiger partial charge in [-0.25, -0.2) is 4.98 Å². The average molecular weight is 472 g/mol. The summed E-state index contributed by atoms with van der Waals surface area (Å²) in [6.07, 6.45) is 4.55. The molecular formula is C20H18BrN5O2S. The second kappa shape index (κ2) is 7.16. The van der Waals surface area contributed by atoms with Crippen LogP contribution in [0.25, 0.3) is 16.6 Å². The maximum Gasteiger partial charge on any atom is 0.317 e. The molecule has 4 aromatic rings. The van der Waals surface area contributed by atoms with Gasteiger partial charge in [-0.3, -0.25) is 0 Å². The monoisotopic (exact) mass is 471 g/mol. The molecule has 7 nitrogen and oxygen atoms in total. The molecule has 9 heteroatoms. The lowest BCUT2D eigenvalue weighted by Gasteiger charge is -2.16. The number of para-hydroxylation sites is 1. The molecule has 0 bridgehead atoms. The lowest BCUT2D eigenvalue weighted by Crippen LogP contribution is -2.17. The number of hydrogen-bond donors (Lipinski definition) is 1. The maximum atomic E-state index is 13.2. The highest BCUT2D eigenvalue weighted by molar-refractivity contribution is 9.10. The zero-order valence-electron chi connectivity index (χ0n) is 15.4. The number of halogens is 1. The van der Waals surface area contributed by atoms with Gasteiger partial charge < -0.3 is 9.87 Å². The van der Waals surface area contributed by atoms with Gasteiger partial charge in [-0.15, -0.1) is 0 Å². The second-order valence-electron chi connectivity index (χ2n) is 7.19. The molecule has 2 aromatic heterocycles. The van der Waals surface area contributed by atoms with E-state index in [1.165, 1.54) is 17.4 Å². The summed E-state index contributed by atoms with van der Waals surface area (Å²) in [7, 11) is -3.86. The molecule has 1 aliphatic carbocycles. The van der Waals surface area contributed by atoms with Gasteiger partial charge in [0.1, 0.15) is 16.0 Å². The van der Waals surface area contributed by atoms with Crippen LogP contribution in [0.3, 0.4) is 0 Å². The summed E-state index contributed by atoms with van der Waals surface area (Å²) in [5, 5.41) is 12.4. The third kappa shape index (κ3) is 3.23. The summed E-state index contributed by atoms with van der Waals surface area (Å²) in [4.78, 5) is 4.83. The molecule has 0 saturated heterocycles. The number of hydrogen-bond acceptors (Lipinski definition) is 6. The lowest BCUT2D eigenvalue weighted by atomic mass is 10.2. The van der Waals surface area contributed by atoms with E-state index < -0.39 is 10.2 Å². The Bertz CT molecular complexity index is 1250. The molecule has 2 heterocycles. The third-order valence-electron chi connectivity index (χ3n) is 5.30. The molecule has 1 N–H and O–H groups in total. The van der Waals surface area contributed by atoms with E-state index in [2.05, 4.69) is 36.5 Å². The van der Waals surface area contributed by atoms with Crippen molar-refractivity contribution >= 4 is 48.5 Å². The zero-order valence-corrected chi connectivity index (χ0v) is 17.8. The van der Waals surface area contributed by atoms with Crippen molar-refractivity contribution in [3.63, 3.8) is 0 Å². The predicted molar refractivity (Wildman–Crippen MR) is 114 cm³/mol. The minimum Gasteiger partial charge on any atom is -0.604 e. The molecule has 1 fully saturated rings. The van der Waals surface area contributed by atoms with Crippen LogP contribution in [0.4, 0.5) is 5.82 Å². The molecular weight excluding hydrogens is 454 g/mol. The Morgan fingerprint density at radius 1 is 1.10 bits per heavy atom. The molecule has 1 saturated carbocycles. The first-order valence-corrected chi connectivity index (χ1v) is 11.7. The highest BCUT2D eigenvalue weighted by Gasteiger charge is 2.32. The van der Waals surface area contributed by atoms with E-state index in [0.717, 1.165) is 28.2 Å². The van der Waals surface area contributed by atoms with Crippen LogP contribution in [0.1, 0.15) is 25.7 Å². The molecule has 0 amide bonds. The van der Waals surface area contributed by atoms with Gasteiger partial charge >= 0.3 is 5.03 Å². The first-order chi connectivity index (χ1) is 14.0. The van der Waals surface area contributed by atoms with E-state index >= 15 is 0 Å². The second-order valence-corrected chi connectivity index (χ2v) is 9.97. The normalized spacial score (nSPS) is 17.0. The lowest BCUT2D eigenvalue weighted by molar-refractivity contribution is 0.475. The summed E-state index contributed by atoms with van der Waals surface area (Å²) >= 11 is 3.33. The fourth-order valence-electron chi connectivity index (χ4n) is 3.82. The van der Waals surface area contributed by atoms with E-state index in [9.17, 15) is 8.76 Å². The molecule has 0 spiro atoms. The Morgan fingerprint density at radius 2 is 1.83 bits per heavy atom. The summed E-state index contributed by atoms with van der Waals surface area (Å²) in [5.74, 6) is 0.676. The Morgan fingerprint density at radius 3 is 2.59 bits per heavy atom. The summed E-state index contributed by atoms with van der Waals surface area (Å²) in [6, 6.07) is 14.5. The van der Waals surface area contributed by atoms with Gasteiger partial charge in [0.2, 0.25) is 5.65 Å². The Kier molecular flexibility index (Phi) is 4.60. The minimum absolute atomic E-state index is 0.139. The van der Waals surface area contributed by atoms with E-state index in [1.54, 1.807) is 24.3 Å².